The molecule has 0 saturated heterocycles. The highest BCUT2D eigenvalue weighted by Crippen LogP contribution is 2.38. The summed E-state index contributed by atoms with van der Waals surface area (Å²) < 4.78 is 10.7. The van der Waals surface area contributed by atoms with Crippen molar-refractivity contribution in [3.8, 4) is 11.5 Å². The van der Waals surface area contributed by atoms with Gasteiger partial charge in [0.05, 0.1) is 19.0 Å². The molecule has 0 saturated carbocycles. The Morgan fingerprint density at radius 1 is 0.947 bits per heavy atom. The zero-order valence-corrected chi connectivity index (χ0v) is 12.9. The van der Waals surface area contributed by atoms with Crippen LogP contribution in [-0.4, -0.2) is 14.2 Å². The molecule has 0 aromatic heterocycles. The molecule has 0 fully saturated rings. The molecule has 0 amide bonds. The third-order valence-electron chi connectivity index (χ3n) is 3.08. The Kier molecular flexibility index (Phi) is 4.48. The third kappa shape index (κ3) is 3.10. The van der Waals surface area contributed by atoms with Crippen LogP contribution in [-0.2, 0) is 0 Å². The maximum atomic E-state index is 5.44. The van der Waals surface area contributed by atoms with E-state index in [9.17, 15) is 0 Å². The van der Waals surface area contributed by atoms with Gasteiger partial charge in [-0.25, -0.2) is 0 Å². The summed E-state index contributed by atoms with van der Waals surface area (Å²) in [5.41, 5.74) is 3.55. The van der Waals surface area contributed by atoms with E-state index in [0.29, 0.717) is 0 Å². The maximum Gasteiger partial charge on any atom is 0.127 e. The monoisotopic (exact) mass is 320 g/mol. The van der Waals surface area contributed by atoms with E-state index in [4.69, 9.17) is 9.47 Å². The Morgan fingerprint density at radius 3 is 2.21 bits per heavy atom. The van der Waals surface area contributed by atoms with E-state index >= 15 is 0 Å². The molecule has 0 aliphatic rings. The van der Waals surface area contributed by atoms with E-state index in [1.807, 2.05) is 18.2 Å². The van der Waals surface area contributed by atoms with Crippen LogP contribution in [0.1, 0.15) is 21.5 Å². The molecular formula is C16H17BrO2. The van der Waals surface area contributed by atoms with Gasteiger partial charge in [-0.1, -0.05) is 51.8 Å². The van der Waals surface area contributed by atoms with E-state index in [0.717, 1.165) is 17.1 Å². The van der Waals surface area contributed by atoms with Crippen molar-refractivity contribution in [1.82, 2.24) is 0 Å². The minimum absolute atomic E-state index is 0.106. The summed E-state index contributed by atoms with van der Waals surface area (Å²) in [6.07, 6.45) is 0. The number of aryl methyl sites for hydroxylation is 1. The summed E-state index contributed by atoms with van der Waals surface area (Å²) in [5.74, 6) is 1.62. The number of methoxy groups -OCH3 is 2. The molecule has 2 nitrogen and oxygen atoms in total. The molecule has 1 atom stereocenters. The molecule has 3 heteroatoms. The molecule has 0 bridgehead atoms. The lowest BCUT2D eigenvalue weighted by Gasteiger charge is -2.16. The number of benzene rings is 2. The van der Waals surface area contributed by atoms with Gasteiger partial charge in [-0.05, 0) is 18.6 Å². The fourth-order valence-corrected chi connectivity index (χ4v) is 2.63. The van der Waals surface area contributed by atoms with Gasteiger partial charge in [0.25, 0.3) is 0 Å². The van der Waals surface area contributed by atoms with Gasteiger partial charge in [0, 0.05) is 11.6 Å². The van der Waals surface area contributed by atoms with Crippen molar-refractivity contribution in [3.05, 3.63) is 59.2 Å². The van der Waals surface area contributed by atoms with Crippen LogP contribution < -0.4 is 9.47 Å². The predicted octanol–water partition coefficient (Wildman–Crippen LogP) is 4.50. The van der Waals surface area contributed by atoms with Crippen molar-refractivity contribution in [2.45, 2.75) is 11.8 Å². The van der Waals surface area contributed by atoms with Crippen molar-refractivity contribution in [2.24, 2.45) is 0 Å². The van der Waals surface area contributed by atoms with Crippen LogP contribution in [0.25, 0.3) is 0 Å². The highest BCUT2D eigenvalue weighted by atomic mass is 79.9. The standard InChI is InChI=1S/C16H17BrO2/c1-11-4-6-12(7-5-11)16(17)14-9-8-13(18-2)10-15(14)19-3/h4-10,16H,1-3H3. The Bertz CT molecular complexity index is 549. The molecule has 100 valence electrons. The molecular weight excluding hydrogens is 304 g/mol. The third-order valence-corrected chi connectivity index (χ3v) is 4.11. The smallest absolute Gasteiger partial charge is 0.127 e. The maximum absolute atomic E-state index is 5.44. The van der Waals surface area contributed by atoms with Gasteiger partial charge in [-0.15, -0.1) is 0 Å². The molecule has 19 heavy (non-hydrogen) atoms. The first-order valence-corrected chi connectivity index (χ1v) is 7.00. The fourth-order valence-electron chi connectivity index (χ4n) is 1.94. The molecule has 0 radical (unpaired) electrons. The second-order valence-electron chi connectivity index (χ2n) is 4.38. The first kappa shape index (κ1) is 13.9. The number of rotatable bonds is 4. The van der Waals surface area contributed by atoms with Crippen molar-refractivity contribution in [2.75, 3.05) is 14.2 Å². The summed E-state index contributed by atoms with van der Waals surface area (Å²) in [6, 6.07) is 14.3. The van der Waals surface area contributed by atoms with Crippen molar-refractivity contribution in [1.29, 1.82) is 0 Å². The van der Waals surface area contributed by atoms with E-state index in [-0.39, 0.29) is 4.83 Å². The summed E-state index contributed by atoms with van der Waals surface area (Å²) in [6.45, 7) is 2.08. The molecule has 2 aromatic rings. The quantitative estimate of drug-likeness (QED) is 0.772. The first-order chi connectivity index (χ1) is 9.15. The van der Waals surface area contributed by atoms with Gasteiger partial charge in [0.2, 0.25) is 0 Å². The number of halogens is 1. The summed E-state index contributed by atoms with van der Waals surface area (Å²) in [7, 11) is 3.33. The Balaban J connectivity index is 2.37. The number of hydrogen-bond donors (Lipinski definition) is 0. The van der Waals surface area contributed by atoms with Crippen LogP contribution >= 0.6 is 15.9 Å². The lowest BCUT2D eigenvalue weighted by atomic mass is 10.0. The van der Waals surface area contributed by atoms with E-state index < -0.39 is 0 Å². The summed E-state index contributed by atoms with van der Waals surface area (Å²) in [4.78, 5) is 0.106. The summed E-state index contributed by atoms with van der Waals surface area (Å²) in [5, 5.41) is 0. The van der Waals surface area contributed by atoms with E-state index in [1.54, 1.807) is 14.2 Å². The van der Waals surface area contributed by atoms with Gasteiger partial charge in [-0.3, -0.25) is 0 Å². The second-order valence-corrected chi connectivity index (χ2v) is 5.30. The average molecular weight is 321 g/mol. The minimum atomic E-state index is 0.106. The Labute approximate surface area is 122 Å². The van der Waals surface area contributed by atoms with Gasteiger partial charge < -0.3 is 9.47 Å². The van der Waals surface area contributed by atoms with Gasteiger partial charge in [0.1, 0.15) is 11.5 Å². The predicted molar refractivity (Wildman–Crippen MR) is 81.5 cm³/mol. The van der Waals surface area contributed by atoms with Gasteiger partial charge in [-0.2, -0.15) is 0 Å². The van der Waals surface area contributed by atoms with Crippen molar-refractivity contribution >= 4 is 15.9 Å². The highest BCUT2D eigenvalue weighted by Gasteiger charge is 2.15. The Hall–Kier alpha value is -1.48. The van der Waals surface area contributed by atoms with Crippen LogP contribution in [0.5, 0.6) is 11.5 Å². The lowest BCUT2D eigenvalue weighted by molar-refractivity contribution is 0.391. The van der Waals surface area contributed by atoms with Crippen LogP contribution in [0.2, 0.25) is 0 Å². The normalized spacial score (nSPS) is 12.0. The van der Waals surface area contributed by atoms with Crippen LogP contribution in [0.4, 0.5) is 0 Å². The van der Waals surface area contributed by atoms with Gasteiger partial charge in [0.15, 0.2) is 0 Å². The van der Waals surface area contributed by atoms with Crippen LogP contribution in [0.15, 0.2) is 42.5 Å². The minimum Gasteiger partial charge on any atom is -0.497 e. The molecule has 0 heterocycles. The highest BCUT2D eigenvalue weighted by molar-refractivity contribution is 9.09. The molecule has 2 aromatic carbocycles. The van der Waals surface area contributed by atoms with Crippen molar-refractivity contribution in [3.63, 3.8) is 0 Å². The average Bonchev–Trinajstić information content (AvgIpc) is 2.46. The second kappa shape index (κ2) is 6.11. The number of ether oxygens (including phenoxy) is 2. The summed E-state index contributed by atoms with van der Waals surface area (Å²) >= 11 is 3.74. The topological polar surface area (TPSA) is 18.5 Å². The first-order valence-electron chi connectivity index (χ1n) is 6.08. The zero-order chi connectivity index (χ0) is 13.8. The molecule has 2 rings (SSSR count). The molecule has 0 aliphatic carbocycles. The molecule has 0 aliphatic heterocycles. The van der Waals surface area contributed by atoms with E-state index in [2.05, 4.69) is 47.1 Å². The van der Waals surface area contributed by atoms with Crippen LogP contribution in [0.3, 0.4) is 0 Å². The number of alkyl halides is 1. The van der Waals surface area contributed by atoms with Gasteiger partial charge >= 0.3 is 0 Å². The zero-order valence-electron chi connectivity index (χ0n) is 11.3. The van der Waals surface area contributed by atoms with E-state index in [1.165, 1.54) is 11.1 Å². The molecule has 0 spiro atoms. The van der Waals surface area contributed by atoms with Crippen LogP contribution in [0, 0.1) is 6.92 Å². The Morgan fingerprint density at radius 2 is 1.63 bits per heavy atom. The fraction of sp³-hybridized carbons (Fsp3) is 0.250. The largest absolute Gasteiger partial charge is 0.497 e. The SMILES string of the molecule is COc1ccc(C(Br)c2ccc(C)cc2)c(OC)c1. The lowest BCUT2D eigenvalue weighted by Crippen LogP contribution is -1.98. The van der Waals surface area contributed by atoms with Crippen molar-refractivity contribution < 1.29 is 9.47 Å². The number of hydrogen-bond acceptors (Lipinski definition) is 2. The molecule has 0 N–H and O–H groups in total. The molecule has 1 unspecified atom stereocenters.